The third-order valence-electron chi connectivity index (χ3n) is 3.97. The van der Waals surface area contributed by atoms with Crippen molar-refractivity contribution in [2.24, 2.45) is 0 Å². The summed E-state index contributed by atoms with van der Waals surface area (Å²) in [6.07, 6.45) is 0. The molecule has 3 heteroatoms. The van der Waals surface area contributed by atoms with Crippen LogP contribution in [0.3, 0.4) is 0 Å². The van der Waals surface area contributed by atoms with Crippen LogP contribution in [0.4, 0.5) is 0 Å². The number of fused-ring (bicyclic) bond motifs is 2. The minimum Gasteiger partial charge on any atom is -0.497 e. The van der Waals surface area contributed by atoms with Gasteiger partial charge in [0.1, 0.15) is 17.1 Å². The van der Waals surface area contributed by atoms with Crippen molar-refractivity contribution in [3.63, 3.8) is 0 Å². The molecule has 0 unspecified atom stereocenters. The molecular weight excluding hydrogens is 288 g/mol. The van der Waals surface area contributed by atoms with E-state index in [4.69, 9.17) is 9.15 Å². The van der Waals surface area contributed by atoms with Crippen molar-refractivity contribution in [1.29, 1.82) is 0 Å². The van der Waals surface area contributed by atoms with Gasteiger partial charge in [-0.05, 0) is 35.0 Å². The van der Waals surface area contributed by atoms with E-state index in [0.717, 1.165) is 16.3 Å². The monoisotopic (exact) mass is 302 g/mol. The average Bonchev–Trinajstić information content (AvgIpc) is 2.61. The molecule has 4 rings (SSSR count). The standard InChI is InChI=1S/C20H14O3/c1-22-16-8-9-19-17(11-16)18(21)12-20(23-19)15-7-6-13-4-2-3-5-14(13)10-15/h2-12H,1H3. The first-order valence-corrected chi connectivity index (χ1v) is 7.36. The maximum atomic E-state index is 12.4. The van der Waals surface area contributed by atoms with E-state index in [-0.39, 0.29) is 5.43 Å². The maximum absolute atomic E-state index is 12.4. The summed E-state index contributed by atoms with van der Waals surface area (Å²) in [5.74, 6) is 1.21. The van der Waals surface area contributed by atoms with E-state index in [0.29, 0.717) is 22.5 Å². The minimum atomic E-state index is -0.0756. The fraction of sp³-hybridized carbons (Fsp3) is 0.0500. The highest BCUT2D eigenvalue weighted by Crippen LogP contribution is 2.27. The molecular formula is C20H14O3. The van der Waals surface area contributed by atoms with Gasteiger partial charge in [-0.2, -0.15) is 0 Å². The van der Waals surface area contributed by atoms with Gasteiger partial charge in [0.15, 0.2) is 5.43 Å². The second kappa shape index (κ2) is 5.29. The third-order valence-corrected chi connectivity index (χ3v) is 3.97. The second-order valence-electron chi connectivity index (χ2n) is 5.40. The highest BCUT2D eigenvalue weighted by atomic mass is 16.5. The number of hydrogen-bond acceptors (Lipinski definition) is 3. The molecule has 0 saturated carbocycles. The largest absolute Gasteiger partial charge is 0.497 e. The molecule has 0 amide bonds. The van der Waals surface area contributed by atoms with Crippen LogP contribution >= 0.6 is 0 Å². The van der Waals surface area contributed by atoms with Crippen LogP contribution in [0, 0.1) is 0 Å². The van der Waals surface area contributed by atoms with Crippen molar-refractivity contribution >= 4 is 21.7 Å². The topological polar surface area (TPSA) is 39.4 Å². The summed E-state index contributed by atoms with van der Waals surface area (Å²) in [5, 5.41) is 2.79. The van der Waals surface area contributed by atoms with Crippen LogP contribution in [0.5, 0.6) is 5.75 Å². The Hall–Kier alpha value is -3.07. The molecule has 0 radical (unpaired) electrons. The molecule has 0 bridgehead atoms. The molecule has 4 aromatic rings. The van der Waals surface area contributed by atoms with Gasteiger partial charge >= 0.3 is 0 Å². The Labute approximate surface area is 132 Å². The van der Waals surface area contributed by atoms with Crippen molar-refractivity contribution in [3.8, 4) is 17.1 Å². The molecule has 0 aliphatic heterocycles. The minimum absolute atomic E-state index is 0.0756. The van der Waals surface area contributed by atoms with Gasteiger partial charge in [0.05, 0.1) is 12.5 Å². The van der Waals surface area contributed by atoms with Crippen LogP contribution in [-0.2, 0) is 0 Å². The molecule has 1 heterocycles. The highest BCUT2D eigenvalue weighted by molar-refractivity contribution is 5.87. The average molecular weight is 302 g/mol. The van der Waals surface area contributed by atoms with E-state index in [1.54, 1.807) is 25.3 Å². The summed E-state index contributed by atoms with van der Waals surface area (Å²) in [7, 11) is 1.58. The van der Waals surface area contributed by atoms with Gasteiger partial charge < -0.3 is 9.15 Å². The van der Waals surface area contributed by atoms with E-state index < -0.39 is 0 Å². The van der Waals surface area contributed by atoms with Gasteiger partial charge in [0, 0.05) is 11.6 Å². The van der Waals surface area contributed by atoms with Crippen LogP contribution < -0.4 is 10.2 Å². The molecule has 0 fully saturated rings. The van der Waals surface area contributed by atoms with E-state index in [1.165, 1.54) is 6.07 Å². The van der Waals surface area contributed by atoms with Crippen LogP contribution in [0.15, 0.2) is 75.9 Å². The van der Waals surface area contributed by atoms with Crippen LogP contribution in [0.25, 0.3) is 33.1 Å². The lowest BCUT2D eigenvalue weighted by molar-refractivity contribution is 0.415. The van der Waals surface area contributed by atoms with Gasteiger partial charge in [0.25, 0.3) is 0 Å². The molecule has 0 N–H and O–H groups in total. The summed E-state index contributed by atoms with van der Waals surface area (Å²) in [4.78, 5) is 12.4. The van der Waals surface area contributed by atoms with Crippen LogP contribution in [0.1, 0.15) is 0 Å². The lowest BCUT2D eigenvalue weighted by atomic mass is 10.0. The molecule has 0 aliphatic carbocycles. The second-order valence-corrected chi connectivity index (χ2v) is 5.40. The first-order chi connectivity index (χ1) is 11.2. The van der Waals surface area contributed by atoms with E-state index in [2.05, 4.69) is 6.07 Å². The zero-order valence-electron chi connectivity index (χ0n) is 12.6. The highest BCUT2D eigenvalue weighted by Gasteiger charge is 2.08. The van der Waals surface area contributed by atoms with Crippen molar-refractivity contribution in [2.75, 3.05) is 7.11 Å². The van der Waals surface area contributed by atoms with Gasteiger partial charge in [-0.15, -0.1) is 0 Å². The van der Waals surface area contributed by atoms with Crippen molar-refractivity contribution < 1.29 is 9.15 Å². The molecule has 1 aromatic heterocycles. The first kappa shape index (κ1) is 13.6. The molecule has 112 valence electrons. The number of hydrogen-bond donors (Lipinski definition) is 0. The van der Waals surface area contributed by atoms with Crippen LogP contribution in [0.2, 0.25) is 0 Å². The summed E-state index contributed by atoms with van der Waals surface area (Å²) in [6, 6.07) is 20.9. The number of benzene rings is 3. The molecule has 0 saturated heterocycles. The summed E-state index contributed by atoms with van der Waals surface area (Å²) in [6.45, 7) is 0. The third kappa shape index (κ3) is 2.36. The van der Waals surface area contributed by atoms with E-state index in [9.17, 15) is 4.79 Å². The van der Waals surface area contributed by atoms with Gasteiger partial charge in [-0.1, -0.05) is 36.4 Å². The van der Waals surface area contributed by atoms with Crippen molar-refractivity contribution in [2.45, 2.75) is 0 Å². The Morgan fingerprint density at radius 2 is 1.70 bits per heavy atom. The van der Waals surface area contributed by atoms with Crippen molar-refractivity contribution in [1.82, 2.24) is 0 Å². The van der Waals surface area contributed by atoms with E-state index >= 15 is 0 Å². The molecule has 23 heavy (non-hydrogen) atoms. The normalized spacial score (nSPS) is 11.0. The summed E-state index contributed by atoms with van der Waals surface area (Å²) < 4.78 is 11.1. The Morgan fingerprint density at radius 3 is 2.52 bits per heavy atom. The lowest BCUT2D eigenvalue weighted by Crippen LogP contribution is -2.00. The van der Waals surface area contributed by atoms with Crippen LogP contribution in [-0.4, -0.2) is 7.11 Å². The summed E-state index contributed by atoms with van der Waals surface area (Å²) >= 11 is 0. The molecule has 0 aliphatic rings. The molecule has 3 nitrogen and oxygen atoms in total. The van der Waals surface area contributed by atoms with E-state index in [1.807, 2.05) is 36.4 Å². The Kier molecular flexibility index (Phi) is 3.12. The Balaban J connectivity index is 1.92. The van der Waals surface area contributed by atoms with Gasteiger partial charge in [-0.25, -0.2) is 0 Å². The fourth-order valence-electron chi connectivity index (χ4n) is 2.75. The fourth-order valence-corrected chi connectivity index (χ4v) is 2.75. The SMILES string of the molecule is COc1ccc2oc(-c3ccc4ccccc4c3)cc(=O)c2c1. The number of rotatable bonds is 2. The number of methoxy groups -OCH3 is 1. The lowest BCUT2D eigenvalue weighted by Gasteiger charge is -2.06. The zero-order chi connectivity index (χ0) is 15.8. The van der Waals surface area contributed by atoms with Gasteiger partial charge in [-0.3, -0.25) is 4.79 Å². The molecule has 0 atom stereocenters. The maximum Gasteiger partial charge on any atom is 0.193 e. The predicted octanol–water partition coefficient (Wildman–Crippen LogP) is 4.62. The van der Waals surface area contributed by atoms with Gasteiger partial charge in [0.2, 0.25) is 0 Å². The Bertz CT molecular complexity index is 1080. The quantitative estimate of drug-likeness (QED) is 0.542. The molecule has 0 spiro atoms. The Morgan fingerprint density at radius 1 is 0.870 bits per heavy atom. The summed E-state index contributed by atoms with van der Waals surface area (Å²) in [5.41, 5.74) is 1.37. The first-order valence-electron chi connectivity index (χ1n) is 7.36. The predicted molar refractivity (Wildman–Crippen MR) is 92.0 cm³/mol. The number of ether oxygens (including phenoxy) is 1. The zero-order valence-corrected chi connectivity index (χ0v) is 12.6. The molecule has 3 aromatic carbocycles. The smallest absolute Gasteiger partial charge is 0.193 e. The van der Waals surface area contributed by atoms with Crippen molar-refractivity contribution in [3.05, 3.63) is 77.0 Å².